The maximum atomic E-state index is 11.2. The van der Waals surface area contributed by atoms with Crippen molar-refractivity contribution in [1.29, 1.82) is 0 Å². The van der Waals surface area contributed by atoms with Crippen LogP contribution in [0.15, 0.2) is 55.0 Å². The predicted molar refractivity (Wildman–Crippen MR) is 76.2 cm³/mol. The second-order valence-corrected chi connectivity index (χ2v) is 4.23. The van der Waals surface area contributed by atoms with Gasteiger partial charge in [-0.1, -0.05) is 6.07 Å². The third-order valence-electron chi connectivity index (χ3n) is 2.97. The van der Waals surface area contributed by atoms with Crippen molar-refractivity contribution in [2.24, 2.45) is 0 Å². The lowest BCUT2D eigenvalue weighted by atomic mass is 10.1. The normalized spacial score (nSPS) is 10.4. The summed E-state index contributed by atoms with van der Waals surface area (Å²) in [7, 11) is 0. The highest BCUT2D eigenvalue weighted by atomic mass is 16.4. The number of fused-ring (bicyclic) bond motifs is 1. The molecule has 98 valence electrons. The Morgan fingerprint density at radius 3 is 2.80 bits per heavy atom. The molecule has 0 aliphatic carbocycles. The van der Waals surface area contributed by atoms with Gasteiger partial charge in [-0.25, -0.2) is 4.79 Å². The maximum Gasteiger partial charge on any atom is 0.339 e. The Labute approximate surface area is 114 Å². The SMILES string of the molecule is O=C(O)c1cnccc1Nc1cccc2ncccc12. The molecule has 0 saturated carbocycles. The zero-order valence-electron chi connectivity index (χ0n) is 10.4. The second kappa shape index (κ2) is 4.97. The molecule has 0 unspecified atom stereocenters. The first kappa shape index (κ1) is 12.1. The van der Waals surface area contributed by atoms with Crippen LogP contribution < -0.4 is 5.32 Å². The summed E-state index contributed by atoms with van der Waals surface area (Å²) in [6, 6.07) is 11.1. The Bertz CT molecular complexity index is 781. The largest absolute Gasteiger partial charge is 0.478 e. The van der Waals surface area contributed by atoms with E-state index in [0.717, 1.165) is 16.6 Å². The Morgan fingerprint density at radius 2 is 1.95 bits per heavy atom. The van der Waals surface area contributed by atoms with Gasteiger partial charge in [0.05, 0.1) is 11.2 Å². The van der Waals surface area contributed by atoms with Gasteiger partial charge in [0.25, 0.3) is 0 Å². The fraction of sp³-hybridized carbons (Fsp3) is 0. The zero-order chi connectivity index (χ0) is 13.9. The van der Waals surface area contributed by atoms with E-state index in [2.05, 4.69) is 15.3 Å². The summed E-state index contributed by atoms with van der Waals surface area (Å²) < 4.78 is 0. The van der Waals surface area contributed by atoms with Crippen molar-refractivity contribution in [1.82, 2.24) is 9.97 Å². The number of nitrogens with zero attached hydrogens (tertiary/aromatic N) is 2. The van der Waals surface area contributed by atoms with Crippen molar-refractivity contribution in [3.8, 4) is 0 Å². The quantitative estimate of drug-likeness (QED) is 0.761. The monoisotopic (exact) mass is 265 g/mol. The number of benzene rings is 1. The van der Waals surface area contributed by atoms with Crippen molar-refractivity contribution < 1.29 is 9.90 Å². The Hall–Kier alpha value is -2.95. The molecule has 3 aromatic rings. The predicted octanol–water partition coefficient (Wildman–Crippen LogP) is 3.07. The summed E-state index contributed by atoms with van der Waals surface area (Å²) in [6.07, 6.45) is 4.60. The highest BCUT2D eigenvalue weighted by Gasteiger charge is 2.10. The molecule has 2 heterocycles. The molecular weight excluding hydrogens is 254 g/mol. The van der Waals surface area contributed by atoms with Crippen LogP contribution in [-0.4, -0.2) is 21.0 Å². The zero-order valence-corrected chi connectivity index (χ0v) is 10.4. The van der Waals surface area contributed by atoms with Crippen LogP contribution in [0.1, 0.15) is 10.4 Å². The molecule has 0 aliphatic rings. The summed E-state index contributed by atoms with van der Waals surface area (Å²) in [5.41, 5.74) is 2.30. The lowest BCUT2D eigenvalue weighted by molar-refractivity contribution is 0.0697. The van der Waals surface area contributed by atoms with E-state index < -0.39 is 5.97 Å². The molecule has 2 N–H and O–H groups in total. The number of hydrogen-bond donors (Lipinski definition) is 2. The van der Waals surface area contributed by atoms with E-state index in [0.29, 0.717) is 5.69 Å². The highest BCUT2D eigenvalue weighted by molar-refractivity contribution is 5.98. The Kier molecular flexibility index (Phi) is 3.01. The molecule has 0 radical (unpaired) electrons. The minimum Gasteiger partial charge on any atom is -0.478 e. The van der Waals surface area contributed by atoms with Crippen LogP contribution in [0.2, 0.25) is 0 Å². The van der Waals surface area contributed by atoms with Crippen molar-refractivity contribution in [3.63, 3.8) is 0 Å². The van der Waals surface area contributed by atoms with Crippen molar-refractivity contribution >= 4 is 28.2 Å². The van der Waals surface area contributed by atoms with E-state index in [4.69, 9.17) is 5.11 Å². The van der Waals surface area contributed by atoms with E-state index in [1.165, 1.54) is 6.20 Å². The number of carbonyl (C=O) groups is 1. The van der Waals surface area contributed by atoms with Gasteiger partial charge in [0.15, 0.2) is 0 Å². The van der Waals surface area contributed by atoms with Crippen LogP contribution in [0.25, 0.3) is 10.9 Å². The molecule has 0 amide bonds. The third-order valence-corrected chi connectivity index (χ3v) is 2.97. The first-order valence-electron chi connectivity index (χ1n) is 6.04. The fourth-order valence-electron chi connectivity index (χ4n) is 2.03. The molecule has 1 aromatic carbocycles. The second-order valence-electron chi connectivity index (χ2n) is 4.23. The number of aromatic carboxylic acids is 1. The molecule has 0 fully saturated rings. The van der Waals surface area contributed by atoms with Crippen LogP contribution in [0.4, 0.5) is 11.4 Å². The first-order valence-corrected chi connectivity index (χ1v) is 6.04. The van der Waals surface area contributed by atoms with Crippen LogP contribution in [0.5, 0.6) is 0 Å². The van der Waals surface area contributed by atoms with E-state index in [-0.39, 0.29) is 5.56 Å². The molecule has 3 rings (SSSR count). The Balaban J connectivity index is 2.08. The number of hydrogen-bond acceptors (Lipinski definition) is 4. The van der Waals surface area contributed by atoms with Crippen LogP contribution >= 0.6 is 0 Å². The van der Waals surface area contributed by atoms with Crippen LogP contribution in [0, 0.1) is 0 Å². The molecule has 5 nitrogen and oxygen atoms in total. The van der Waals surface area contributed by atoms with Gasteiger partial charge in [-0.2, -0.15) is 0 Å². The van der Waals surface area contributed by atoms with E-state index in [1.807, 2.05) is 30.3 Å². The van der Waals surface area contributed by atoms with Crippen molar-refractivity contribution in [2.45, 2.75) is 0 Å². The summed E-state index contributed by atoms with van der Waals surface area (Å²) in [5, 5.41) is 13.2. The van der Waals surface area contributed by atoms with Gasteiger partial charge in [0, 0.05) is 29.7 Å². The average molecular weight is 265 g/mol. The average Bonchev–Trinajstić information content (AvgIpc) is 2.48. The summed E-state index contributed by atoms with van der Waals surface area (Å²) in [4.78, 5) is 19.3. The van der Waals surface area contributed by atoms with Gasteiger partial charge in [-0.3, -0.25) is 9.97 Å². The fourth-order valence-corrected chi connectivity index (χ4v) is 2.03. The van der Waals surface area contributed by atoms with Gasteiger partial charge >= 0.3 is 5.97 Å². The van der Waals surface area contributed by atoms with Gasteiger partial charge in [-0.15, -0.1) is 0 Å². The molecular formula is C15H11N3O2. The van der Waals surface area contributed by atoms with Gasteiger partial charge in [0.1, 0.15) is 5.56 Å². The van der Waals surface area contributed by atoms with Gasteiger partial charge < -0.3 is 10.4 Å². The lowest BCUT2D eigenvalue weighted by Crippen LogP contribution is -2.03. The summed E-state index contributed by atoms with van der Waals surface area (Å²) in [6.45, 7) is 0. The van der Waals surface area contributed by atoms with Gasteiger partial charge in [-0.05, 0) is 30.3 Å². The molecule has 0 bridgehead atoms. The number of pyridine rings is 2. The summed E-state index contributed by atoms with van der Waals surface area (Å²) in [5.74, 6) is -1.01. The number of nitrogens with one attached hydrogen (secondary N) is 1. The van der Waals surface area contributed by atoms with Crippen molar-refractivity contribution in [3.05, 3.63) is 60.6 Å². The van der Waals surface area contributed by atoms with E-state index >= 15 is 0 Å². The number of aromatic nitrogens is 2. The molecule has 0 saturated heterocycles. The highest BCUT2D eigenvalue weighted by Crippen LogP contribution is 2.26. The van der Waals surface area contributed by atoms with Crippen LogP contribution in [-0.2, 0) is 0 Å². The smallest absolute Gasteiger partial charge is 0.339 e. The number of anilines is 2. The van der Waals surface area contributed by atoms with E-state index in [1.54, 1.807) is 18.5 Å². The molecule has 0 aliphatic heterocycles. The maximum absolute atomic E-state index is 11.2. The minimum atomic E-state index is -1.01. The van der Waals surface area contributed by atoms with Crippen molar-refractivity contribution in [2.75, 3.05) is 5.32 Å². The number of carboxylic acid groups (broad SMARTS) is 1. The molecule has 2 aromatic heterocycles. The third kappa shape index (κ3) is 2.16. The molecule has 20 heavy (non-hydrogen) atoms. The minimum absolute atomic E-state index is 0.133. The first-order chi connectivity index (χ1) is 9.75. The Morgan fingerprint density at radius 1 is 1.05 bits per heavy atom. The number of carboxylic acids is 1. The standard InChI is InChI=1S/C15H11N3O2/c19-15(20)11-9-16-8-6-14(11)18-13-5-1-4-12-10(13)3-2-7-17-12/h1-9H,(H,16,18)(H,19,20). The molecule has 0 spiro atoms. The van der Waals surface area contributed by atoms with E-state index in [9.17, 15) is 4.79 Å². The molecule has 0 atom stereocenters. The summed E-state index contributed by atoms with van der Waals surface area (Å²) >= 11 is 0. The topological polar surface area (TPSA) is 75.1 Å². The lowest BCUT2D eigenvalue weighted by Gasteiger charge is -2.11. The molecule has 5 heteroatoms. The van der Waals surface area contributed by atoms with Gasteiger partial charge in [0.2, 0.25) is 0 Å². The number of rotatable bonds is 3. The van der Waals surface area contributed by atoms with Crippen LogP contribution in [0.3, 0.4) is 0 Å².